The Morgan fingerprint density at radius 3 is 2.03 bits per heavy atom. The number of nitrogens with zero attached hydrogens (tertiary/aromatic N) is 1. The van der Waals surface area contributed by atoms with E-state index in [0.29, 0.717) is 0 Å². The maximum Gasteiger partial charge on any atom is 0.0627 e. The second kappa shape index (κ2) is 5.67. The first-order valence-corrected chi connectivity index (χ1v) is 11.8. The Kier molecular flexibility index (Phi) is 2.83. The van der Waals surface area contributed by atoms with Crippen LogP contribution in [0.3, 0.4) is 0 Å². The molecule has 3 aromatic heterocycles. The highest BCUT2D eigenvalue weighted by atomic mass is 14.9. The van der Waals surface area contributed by atoms with Crippen LogP contribution >= 0.6 is 0 Å². The molecule has 9 rings (SSSR count). The van der Waals surface area contributed by atoms with Gasteiger partial charge in [0.1, 0.15) is 0 Å². The van der Waals surface area contributed by atoms with Crippen LogP contribution in [0.25, 0.3) is 81.4 Å². The molecule has 0 spiro atoms. The molecule has 34 heavy (non-hydrogen) atoms. The summed E-state index contributed by atoms with van der Waals surface area (Å²) in [7, 11) is 0. The van der Waals surface area contributed by atoms with Crippen molar-refractivity contribution in [3.05, 3.63) is 103 Å². The highest BCUT2D eigenvalue weighted by Gasteiger charge is 2.23. The third kappa shape index (κ3) is 1.79. The molecule has 0 aliphatic rings. The molecule has 156 valence electrons. The van der Waals surface area contributed by atoms with Crippen LogP contribution in [0.15, 0.2) is 103 Å². The monoisotopic (exact) mass is 430 g/mol. The van der Waals surface area contributed by atoms with E-state index in [1.54, 1.807) is 0 Å². The third-order valence-corrected chi connectivity index (χ3v) is 7.81. The van der Waals surface area contributed by atoms with E-state index >= 15 is 0 Å². The molecule has 0 atom stereocenters. The Labute approximate surface area is 194 Å². The number of hydrogen-bond acceptors (Lipinski definition) is 0. The minimum absolute atomic E-state index is 1.20. The first-order chi connectivity index (χ1) is 16.9. The van der Waals surface area contributed by atoms with Crippen molar-refractivity contribution in [3.8, 4) is 0 Å². The van der Waals surface area contributed by atoms with Crippen molar-refractivity contribution in [2.45, 2.75) is 0 Å². The molecule has 6 aromatic carbocycles. The van der Waals surface area contributed by atoms with Gasteiger partial charge >= 0.3 is 0 Å². The van der Waals surface area contributed by atoms with Crippen LogP contribution in [-0.2, 0) is 0 Å². The SMILES string of the molecule is c1ccc2c(c1)ccc1[nH]c3c4ccccc4c4c(c5cccc6c7ccccc7n4c65)c3c12. The second-order valence-electron chi connectivity index (χ2n) is 9.41. The number of para-hydroxylation sites is 2. The van der Waals surface area contributed by atoms with Gasteiger partial charge in [-0.2, -0.15) is 0 Å². The van der Waals surface area contributed by atoms with Gasteiger partial charge in [-0.25, -0.2) is 0 Å². The highest BCUT2D eigenvalue weighted by molar-refractivity contribution is 6.41. The predicted molar refractivity (Wildman–Crippen MR) is 145 cm³/mol. The molecule has 9 aromatic rings. The van der Waals surface area contributed by atoms with Gasteiger partial charge in [0, 0.05) is 48.6 Å². The Morgan fingerprint density at radius 1 is 0.441 bits per heavy atom. The van der Waals surface area contributed by atoms with E-state index in [1.807, 2.05) is 0 Å². The van der Waals surface area contributed by atoms with Crippen molar-refractivity contribution in [2.75, 3.05) is 0 Å². The fourth-order valence-electron chi connectivity index (χ4n) is 6.53. The molecular formula is C32H18N2. The van der Waals surface area contributed by atoms with E-state index in [0.717, 1.165) is 0 Å². The van der Waals surface area contributed by atoms with E-state index < -0.39 is 0 Å². The molecule has 0 aliphatic heterocycles. The summed E-state index contributed by atoms with van der Waals surface area (Å²) in [5.74, 6) is 0. The van der Waals surface area contributed by atoms with Crippen LogP contribution < -0.4 is 0 Å². The van der Waals surface area contributed by atoms with E-state index in [9.17, 15) is 0 Å². The molecule has 0 radical (unpaired) electrons. The topological polar surface area (TPSA) is 20.2 Å². The van der Waals surface area contributed by atoms with E-state index in [2.05, 4.69) is 113 Å². The zero-order valence-electron chi connectivity index (χ0n) is 18.3. The van der Waals surface area contributed by atoms with Gasteiger partial charge in [0.15, 0.2) is 0 Å². The van der Waals surface area contributed by atoms with Gasteiger partial charge < -0.3 is 9.38 Å². The highest BCUT2D eigenvalue weighted by Crippen LogP contribution is 2.47. The average Bonchev–Trinajstić information content (AvgIpc) is 3.56. The van der Waals surface area contributed by atoms with Crippen LogP contribution in [0.5, 0.6) is 0 Å². The summed E-state index contributed by atoms with van der Waals surface area (Å²) in [5.41, 5.74) is 6.34. The molecule has 0 amide bonds. The lowest BCUT2D eigenvalue weighted by Crippen LogP contribution is -1.84. The van der Waals surface area contributed by atoms with Gasteiger partial charge in [-0.05, 0) is 22.9 Å². The lowest BCUT2D eigenvalue weighted by molar-refractivity contribution is 1.38. The zero-order valence-corrected chi connectivity index (χ0v) is 18.3. The molecule has 2 nitrogen and oxygen atoms in total. The van der Waals surface area contributed by atoms with Gasteiger partial charge in [0.05, 0.1) is 22.1 Å². The first-order valence-electron chi connectivity index (χ1n) is 11.8. The smallest absolute Gasteiger partial charge is 0.0627 e. The fraction of sp³-hybridized carbons (Fsp3) is 0. The second-order valence-corrected chi connectivity index (χ2v) is 9.41. The molecule has 3 heterocycles. The third-order valence-electron chi connectivity index (χ3n) is 7.81. The van der Waals surface area contributed by atoms with Crippen molar-refractivity contribution >= 4 is 81.4 Å². The summed E-state index contributed by atoms with van der Waals surface area (Å²) in [6, 6.07) is 37.7. The van der Waals surface area contributed by atoms with Crippen LogP contribution in [0, 0.1) is 0 Å². The fourth-order valence-corrected chi connectivity index (χ4v) is 6.53. The molecular weight excluding hydrogens is 412 g/mol. The van der Waals surface area contributed by atoms with Crippen LogP contribution in [-0.4, -0.2) is 9.38 Å². The molecule has 0 saturated heterocycles. The normalized spacial score (nSPS) is 12.7. The quantitative estimate of drug-likeness (QED) is 0.248. The van der Waals surface area contributed by atoms with Crippen LogP contribution in [0.1, 0.15) is 0 Å². The summed E-state index contributed by atoms with van der Waals surface area (Å²) >= 11 is 0. The van der Waals surface area contributed by atoms with Crippen molar-refractivity contribution < 1.29 is 0 Å². The molecule has 2 heteroatoms. The minimum atomic E-state index is 1.20. The molecule has 0 unspecified atom stereocenters. The predicted octanol–water partition coefficient (Wildman–Crippen LogP) is 8.78. The lowest BCUT2D eigenvalue weighted by Gasteiger charge is -2.07. The van der Waals surface area contributed by atoms with Crippen molar-refractivity contribution in [2.24, 2.45) is 0 Å². The van der Waals surface area contributed by atoms with Crippen LogP contribution in [0.2, 0.25) is 0 Å². The van der Waals surface area contributed by atoms with E-state index in [4.69, 9.17) is 0 Å². The summed E-state index contributed by atoms with van der Waals surface area (Å²) in [6.07, 6.45) is 0. The Morgan fingerprint density at radius 2 is 1.12 bits per heavy atom. The Balaban J connectivity index is 1.75. The van der Waals surface area contributed by atoms with Crippen molar-refractivity contribution in [3.63, 3.8) is 0 Å². The van der Waals surface area contributed by atoms with Gasteiger partial charge in [0.25, 0.3) is 0 Å². The number of H-pyrrole nitrogens is 1. The summed E-state index contributed by atoms with van der Waals surface area (Å²) < 4.78 is 2.51. The number of fused-ring (bicyclic) bond motifs is 15. The number of nitrogens with one attached hydrogen (secondary N) is 1. The van der Waals surface area contributed by atoms with Crippen LogP contribution in [0.4, 0.5) is 0 Å². The number of benzene rings is 6. The number of rotatable bonds is 0. The van der Waals surface area contributed by atoms with Gasteiger partial charge in [-0.1, -0.05) is 91.0 Å². The standard InChI is InChI=1S/C32H18N2/c1-2-9-19-18(8-1)16-17-25-27(19)29-28-24-14-7-13-22-20-10-5-6-15-26(20)34(31(22)24)32(28)23-12-4-3-11-21(23)30(29)33-25/h1-17,33H. The maximum absolute atomic E-state index is 3.82. The zero-order chi connectivity index (χ0) is 22.0. The number of hydrogen-bond donors (Lipinski definition) is 1. The Hall–Kier alpha value is -4.56. The van der Waals surface area contributed by atoms with Gasteiger partial charge in [-0.15, -0.1) is 0 Å². The first kappa shape index (κ1) is 17.0. The summed E-state index contributed by atoms with van der Waals surface area (Å²) in [5, 5.41) is 13.1. The average molecular weight is 431 g/mol. The molecule has 1 N–H and O–H groups in total. The molecule has 0 fully saturated rings. The lowest BCUT2D eigenvalue weighted by atomic mass is 9.96. The maximum atomic E-state index is 3.82. The van der Waals surface area contributed by atoms with E-state index in [1.165, 1.54) is 81.4 Å². The molecule has 0 saturated carbocycles. The van der Waals surface area contributed by atoms with Crippen molar-refractivity contribution in [1.82, 2.24) is 9.38 Å². The molecule has 0 bridgehead atoms. The van der Waals surface area contributed by atoms with Crippen molar-refractivity contribution in [1.29, 1.82) is 0 Å². The number of aromatic amines is 1. The minimum Gasteiger partial charge on any atom is -0.354 e. The van der Waals surface area contributed by atoms with E-state index in [-0.39, 0.29) is 0 Å². The Bertz CT molecular complexity index is 2280. The van der Waals surface area contributed by atoms with Gasteiger partial charge in [-0.3, -0.25) is 0 Å². The summed E-state index contributed by atoms with van der Waals surface area (Å²) in [6.45, 7) is 0. The largest absolute Gasteiger partial charge is 0.354 e. The number of aromatic nitrogens is 2. The molecule has 0 aliphatic carbocycles. The van der Waals surface area contributed by atoms with Gasteiger partial charge in [0.2, 0.25) is 0 Å². The summed E-state index contributed by atoms with van der Waals surface area (Å²) in [4.78, 5) is 3.82.